The Bertz CT molecular complexity index is 567. The van der Waals surface area contributed by atoms with Crippen molar-refractivity contribution in [1.29, 1.82) is 0 Å². The average molecular weight is 303 g/mol. The highest BCUT2D eigenvalue weighted by Gasteiger charge is 2.25. The van der Waals surface area contributed by atoms with Crippen LogP contribution in [0.5, 0.6) is 0 Å². The van der Waals surface area contributed by atoms with E-state index in [2.05, 4.69) is 4.72 Å². The number of carbonyl (C=O) groups is 1. The lowest BCUT2D eigenvalue weighted by Crippen LogP contribution is -2.44. The number of benzene rings is 1. The molecule has 0 radical (unpaired) electrons. The number of halogens is 1. The van der Waals surface area contributed by atoms with Gasteiger partial charge in [-0.25, -0.2) is 17.5 Å². The molecule has 5 nitrogen and oxygen atoms in total. The molecule has 2 N–H and O–H groups in total. The van der Waals surface area contributed by atoms with Gasteiger partial charge in [0.25, 0.3) is 0 Å². The van der Waals surface area contributed by atoms with E-state index in [1.807, 2.05) is 0 Å². The topological polar surface area (TPSA) is 83.5 Å². The van der Waals surface area contributed by atoms with Gasteiger partial charge in [0.1, 0.15) is 5.82 Å². The Balaban J connectivity index is 2.69. The standard InChI is InChI=1S/C13H18FNO4S/c1-13(2,8-7-12(16)17)15-20(18,19)9-10-3-5-11(14)6-4-10/h3-6,15H,7-9H2,1-2H3,(H,16,17). The van der Waals surface area contributed by atoms with Gasteiger partial charge < -0.3 is 5.11 Å². The van der Waals surface area contributed by atoms with Crippen molar-refractivity contribution >= 4 is 16.0 Å². The van der Waals surface area contributed by atoms with E-state index in [0.29, 0.717) is 5.56 Å². The lowest BCUT2D eigenvalue weighted by molar-refractivity contribution is -0.137. The van der Waals surface area contributed by atoms with E-state index in [0.717, 1.165) is 0 Å². The van der Waals surface area contributed by atoms with Crippen molar-refractivity contribution in [2.75, 3.05) is 0 Å². The van der Waals surface area contributed by atoms with Crippen molar-refractivity contribution in [3.05, 3.63) is 35.6 Å². The first-order chi connectivity index (χ1) is 9.10. The fraction of sp³-hybridized carbons (Fsp3) is 0.462. The van der Waals surface area contributed by atoms with Gasteiger partial charge >= 0.3 is 5.97 Å². The molecule has 0 saturated carbocycles. The van der Waals surface area contributed by atoms with E-state index in [-0.39, 0.29) is 18.6 Å². The minimum Gasteiger partial charge on any atom is -0.481 e. The molecule has 0 heterocycles. The number of hydrogen-bond donors (Lipinski definition) is 2. The number of carboxylic acid groups (broad SMARTS) is 1. The monoisotopic (exact) mass is 303 g/mol. The van der Waals surface area contributed by atoms with Crippen molar-refractivity contribution < 1.29 is 22.7 Å². The van der Waals surface area contributed by atoms with Gasteiger partial charge in [0.05, 0.1) is 5.75 Å². The SMILES string of the molecule is CC(C)(CCC(=O)O)NS(=O)(=O)Cc1ccc(F)cc1. The van der Waals surface area contributed by atoms with Gasteiger partial charge in [0.2, 0.25) is 10.0 Å². The molecule has 0 aliphatic rings. The largest absolute Gasteiger partial charge is 0.481 e. The summed E-state index contributed by atoms with van der Waals surface area (Å²) in [6.45, 7) is 3.25. The van der Waals surface area contributed by atoms with Crippen LogP contribution in [0.25, 0.3) is 0 Å². The number of hydrogen-bond acceptors (Lipinski definition) is 3. The van der Waals surface area contributed by atoms with E-state index in [1.54, 1.807) is 13.8 Å². The molecule has 112 valence electrons. The Labute approximate surface area is 117 Å². The number of rotatable bonds is 7. The van der Waals surface area contributed by atoms with Gasteiger partial charge in [-0.1, -0.05) is 12.1 Å². The average Bonchev–Trinajstić information content (AvgIpc) is 2.28. The van der Waals surface area contributed by atoms with E-state index in [1.165, 1.54) is 24.3 Å². The second kappa shape index (κ2) is 6.32. The Morgan fingerprint density at radius 3 is 2.35 bits per heavy atom. The van der Waals surface area contributed by atoms with Crippen molar-refractivity contribution in [2.45, 2.75) is 38.0 Å². The predicted octanol–water partition coefficient (Wildman–Crippen LogP) is 1.89. The molecule has 0 saturated heterocycles. The molecule has 0 aliphatic heterocycles. The first-order valence-corrected chi connectivity index (χ1v) is 7.73. The predicted molar refractivity (Wildman–Crippen MR) is 73.1 cm³/mol. The Morgan fingerprint density at radius 1 is 1.30 bits per heavy atom. The lowest BCUT2D eigenvalue weighted by Gasteiger charge is -2.25. The fourth-order valence-corrected chi connectivity index (χ4v) is 3.37. The molecule has 0 aliphatic carbocycles. The van der Waals surface area contributed by atoms with Crippen LogP contribution < -0.4 is 4.72 Å². The van der Waals surface area contributed by atoms with Crippen LogP contribution in [-0.4, -0.2) is 25.0 Å². The van der Waals surface area contributed by atoms with E-state index in [4.69, 9.17) is 5.11 Å². The maximum Gasteiger partial charge on any atom is 0.303 e. The minimum atomic E-state index is -3.62. The summed E-state index contributed by atoms with van der Waals surface area (Å²) in [6.07, 6.45) is 0.0665. The van der Waals surface area contributed by atoms with E-state index < -0.39 is 27.3 Å². The summed E-state index contributed by atoms with van der Waals surface area (Å²) in [5.41, 5.74) is -0.384. The third-order valence-corrected chi connectivity index (χ3v) is 4.24. The van der Waals surface area contributed by atoms with Gasteiger partial charge in [-0.15, -0.1) is 0 Å². The quantitative estimate of drug-likeness (QED) is 0.805. The molecule has 0 bridgehead atoms. The second-order valence-corrected chi connectivity index (χ2v) is 6.99. The zero-order valence-corrected chi connectivity index (χ0v) is 12.2. The highest BCUT2D eigenvalue weighted by molar-refractivity contribution is 7.88. The maximum absolute atomic E-state index is 12.7. The molecule has 0 aromatic heterocycles. The molecular weight excluding hydrogens is 285 g/mol. The molecule has 7 heteroatoms. The van der Waals surface area contributed by atoms with Crippen molar-refractivity contribution in [3.63, 3.8) is 0 Å². The zero-order chi connectivity index (χ0) is 15.4. The number of carboxylic acids is 1. The molecule has 0 fully saturated rings. The molecule has 0 unspecified atom stereocenters. The molecule has 1 aromatic rings. The number of nitrogens with one attached hydrogen (secondary N) is 1. The molecular formula is C13H18FNO4S. The van der Waals surface area contributed by atoms with Crippen LogP contribution in [0, 0.1) is 5.82 Å². The van der Waals surface area contributed by atoms with Crippen LogP contribution in [0.1, 0.15) is 32.3 Å². The zero-order valence-electron chi connectivity index (χ0n) is 11.4. The van der Waals surface area contributed by atoms with Crippen LogP contribution >= 0.6 is 0 Å². The summed E-state index contributed by atoms with van der Waals surface area (Å²) in [6, 6.07) is 5.19. The summed E-state index contributed by atoms with van der Waals surface area (Å²) < 4.78 is 39.2. The van der Waals surface area contributed by atoms with Gasteiger partial charge in [0.15, 0.2) is 0 Å². The Morgan fingerprint density at radius 2 is 1.85 bits per heavy atom. The first kappa shape index (κ1) is 16.6. The lowest BCUT2D eigenvalue weighted by atomic mass is 10.0. The van der Waals surface area contributed by atoms with E-state index in [9.17, 15) is 17.6 Å². The highest BCUT2D eigenvalue weighted by atomic mass is 32.2. The normalized spacial score (nSPS) is 12.3. The van der Waals surface area contributed by atoms with E-state index >= 15 is 0 Å². The number of sulfonamides is 1. The summed E-state index contributed by atoms with van der Waals surface area (Å²) in [5, 5.41) is 8.62. The molecule has 1 aromatic carbocycles. The van der Waals surface area contributed by atoms with Crippen molar-refractivity contribution in [2.24, 2.45) is 0 Å². The van der Waals surface area contributed by atoms with Gasteiger partial charge in [-0.2, -0.15) is 0 Å². The van der Waals surface area contributed by atoms with Gasteiger partial charge in [0, 0.05) is 12.0 Å². The summed E-state index contributed by atoms with van der Waals surface area (Å²) in [7, 11) is -3.62. The summed E-state index contributed by atoms with van der Waals surface area (Å²) in [4.78, 5) is 10.5. The van der Waals surface area contributed by atoms with Crippen molar-refractivity contribution in [3.8, 4) is 0 Å². The Kier molecular flexibility index (Phi) is 5.24. The van der Waals surface area contributed by atoms with Crippen LogP contribution in [0.2, 0.25) is 0 Å². The molecule has 20 heavy (non-hydrogen) atoms. The van der Waals surface area contributed by atoms with Crippen molar-refractivity contribution in [1.82, 2.24) is 4.72 Å². The first-order valence-electron chi connectivity index (χ1n) is 6.07. The maximum atomic E-state index is 12.7. The number of aliphatic carboxylic acids is 1. The second-order valence-electron chi connectivity index (χ2n) is 5.27. The summed E-state index contributed by atoms with van der Waals surface area (Å²) >= 11 is 0. The third kappa shape index (κ3) is 6.12. The Hall–Kier alpha value is -1.47. The summed E-state index contributed by atoms with van der Waals surface area (Å²) in [5.74, 6) is -1.68. The van der Waals surface area contributed by atoms with Gasteiger partial charge in [-0.3, -0.25) is 4.79 Å². The molecule has 0 atom stereocenters. The van der Waals surface area contributed by atoms with Crippen LogP contribution in [0.4, 0.5) is 4.39 Å². The van der Waals surface area contributed by atoms with Gasteiger partial charge in [-0.05, 0) is 38.0 Å². The smallest absolute Gasteiger partial charge is 0.303 e. The van der Waals surface area contributed by atoms with Crippen LogP contribution in [-0.2, 0) is 20.6 Å². The molecule has 0 spiro atoms. The third-order valence-electron chi connectivity index (χ3n) is 2.67. The van der Waals surface area contributed by atoms with Crippen LogP contribution in [0.15, 0.2) is 24.3 Å². The fourth-order valence-electron chi connectivity index (χ4n) is 1.73. The highest BCUT2D eigenvalue weighted by Crippen LogP contribution is 2.15. The molecule has 1 rings (SSSR count). The van der Waals surface area contributed by atoms with Crippen LogP contribution in [0.3, 0.4) is 0 Å². The minimum absolute atomic E-state index is 0.119. The molecule has 0 amide bonds.